The molecule has 5 nitrogen and oxygen atoms in total. The largest absolute Gasteiger partial charge is 0.299 e. The molecule has 0 aromatic carbocycles. The zero-order valence-electron chi connectivity index (χ0n) is 15.6. The van der Waals surface area contributed by atoms with Gasteiger partial charge in [0, 0.05) is 50.0 Å². The zero-order chi connectivity index (χ0) is 17.7. The molecule has 0 radical (unpaired) electrons. The molecule has 5 heteroatoms. The van der Waals surface area contributed by atoms with E-state index >= 15 is 0 Å². The Balaban J connectivity index is 1.18. The summed E-state index contributed by atoms with van der Waals surface area (Å²) in [5.74, 6) is 0. The van der Waals surface area contributed by atoms with Gasteiger partial charge in [-0.05, 0) is 62.0 Å². The van der Waals surface area contributed by atoms with Crippen LogP contribution in [0.3, 0.4) is 0 Å². The number of pyridine rings is 1. The van der Waals surface area contributed by atoms with Crippen molar-refractivity contribution in [3.63, 3.8) is 0 Å². The molecule has 140 valence electrons. The van der Waals surface area contributed by atoms with E-state index in [9.17, 15) is 0 Å². The molecule has 1 spiro atoms. The van der Waals surface area contributed by atoms with E-state index in [-0.39, 0.29) is 0 Å². The molecule has 3 heterocycles. The number of hydrogen-bond donors (Lipinski definition) is 2. The van der Waals surface area contributed by atoms with E-state index in [1.165, 1.54) is 62.9 Å². The Bertz CT molecular complexity index is 698. The SMILES string of the molecule is C=C(NO)c1cnc2c(c1)CCN(C1CCC3(CC1)CN(C1CC1)C3)C2. The molecule has 26 heavy (non-hydrogen) atoms. The number of rotatable bonds is 4. The summed E-state index contributed by atoms with van der Waals surface area (Å²) in [7, 11) is 0. The summed E-state index contributed by atoms with van der Waals surface area (Å²) in [6, 6.07) is 3.81. The van der Waals surface area contributed by atoms with Crippen molar-refractivity contribution in [2.24, 2.45) is 5.41 Å². The normalized spacial score (nSPS) is 26.3. The van der Waals surface area contributed by atoms with Crippen LogP contribution in [0.4, 0.5) is 0 Å². The molecule has 0 amide bonds. The summed E-state index contributed by atoms with van der Waals surface area (Å²) < 4.78 is 0. The lowest BCUT2D eigenvalue weighted by Gasteiger charge is -2.55. The van der Waals surface area contributed by atoms with Crippen LogP contribution < -0.4 is 5.48 Å². The maximum absolute atomic E-state index is 9.03. The van der Waals surface area contributed by atoms with Gasteiger partial charge in [0.25, 0.3) is 0 Å². The molecule has 2 N–H and O–H groups in total. The molecule has 1 saturated heterocycles. The molecule has 3 fully saturated rings. The van der Waals surface area contributed by atoms with E-state index in [4.69, 9.17) is 5.21 Å². The molecule has 0 bridgehead atoms. The van der Waals surface area contributed by atoms with Crippen LogP contribution in [-0.4, -0.2) is 51.7 Å². The first kappa shape index (κ1) is 16.7. The molecule has 2 aliphatic heterocycles. The molecule has 0 unspecified atom stereocenters. The molecule has 4 aliphatic rings. The first-order valence-electron chi connectivity index (χ1n) is 10.2. The average Bonchev–Trinajstić information content (AvgIpc) is 3.49. The van der Waals surface area contributed by atoms with Crippen LogP contribution in [0, 0.1) is 5.41 Å². The van der Waals surface area contributed by atoms with E-state index in [1.54, 1.807) is 0 Å². The second kappa shape index (κ2) is 6.32. The van der Waals surface area contributed by atoms with Gasteiger partial charge >= 0.3 is 0 Å². The molecule has 1 aromatic rings. The van der Waals surface area contributed by atoms with Crippen LogP contribution in [0.25, 0.3) is 5.70 Å². The van der Waals surface area contributed by atoms with Crippen LogP contribution in [0.1, 0.15) is 55.3 Å². The zero-order valence-corrected chi connectivity index (χ0v) is 15.6. The van der Waals surface area contributed by atoms with Crippen LogP contribution >= 0.6 is 0 Å². The fourth-order valence-electron chi connectivity index (χ4n) is 5.38. The van der Waals surface area contributed by atoms with Gasteiger partial charge in [0.05, 0.1) is 11.4 Å². The highest BCUT2D eigenvalue weighted by atomic mass is 16.5. The topological polar surface area (TPSA) is 51.6 Å². The maximum Gasteiger partial charge on any atom is 0.0618 e. The molecule has 2 saturated carbocycles. The number of hydrogen-bond acceptors (Lipinski definition) is 5. The summed E-state index contributed by atoms with van der Waals surface area (Å²) in [6.45, 7) is 8.66. The minimum atomic E-state index is 0.515. The monoisotopic (exact) mass is 354 g/mol. The first-order chi connectivity index (χ1) is 12.7. The molecular formula is C21H30N4O. The quantitative estimate of drug-likeness (QED) is 0.815. The number of hydroxylamine groups is 1. The van der Waals surface area contributed by atoms with Crippen molar-refractivity contribution in [2.75, 3.05) is 19.6 Å². The van der Waals surface area contributed by atoms with Crippen molar-refractivity contribution in [1.29, 1.82) is 0 Å². The van der Waals surface area contributed by atoms with Gasteiger partial charge < -0.3 is 0 Å². The minimum Gasteiger partial charge on any atom is -0.299 e. The van der Waals surface area contributed by atoms with Gasteiger partial charge in [-0.3, -0.25) is 25.5 Å². The lowest BCUT2D eigenvalue weighted by Crippen LogP contribution is -2.59. The Morgan fingerprint density at radius 3 is 2.58 bits per heavy atom. The third-order valence-corrected chi connectivity index (χ3v) is 7.24. The van der Waals surface area contributed by atoms with E-state index < -0.39 is 0 Å². The molecule has 5 rings (SSSR count). The summed E-state index contributed by atoms with van der Waals surface area (Å²) in [5, 5.41) is 9.03. The highest BCUT2D eigenvalue weighted by Crippen LogP contribution is 2.48. The Kier molecular flexibility index (Phi) is 4.07. The van der Waals surface area contributed by atoms with Gasteiger partial charge in [-0.25, -0.2) is 0 Å². The molecule has 2 aliphatic carbocycles. The predicted molar refractivity (Wildman–Crippen MR) is 102 cm³/mol. The third-order valence-electron chi connectivity index (χ3n) is 7.24. The van der Waals surface area contributed by atoms with Crippen LogP contribution in [-0.2, 0) is 13.0 Å². The Labute approximate surface area is 156 Å². The second-order valence-electron chi connectivity index (χ2n) is 9.01. The summed E-state index contributed by atoms with van der Waals surface area (Å²) in [6.07, 6.45) is 11.3. The summed E-state index contributed by atoms with van der Waals surface area (Å²) >= 11 is 0. The van der Waals surface area contributed by atoms with Gasteiger partial charge in [-0.2, -0.15) is 0 Å². The number of nitrogens with one attached hydrogen (secondary N) is 1. The number of aromatic nitrogens is 1. The van der Waals surface area contributed by atoms with Crippen molar-refractivity contribution in [2.45, 2.75) is 63.6 Å². The molecular weight excluding hydrogens is 324 g/mol. The molecule has 0 atom stereocenters. The van der Waals surface area contributed by atoms with Gasteiger partial charge in [0.2, 0.25) is 0 Å². The van der Waals surface area contributed by atoms with Crippen molar-refractivity contribution >= 4 is 5.70 Å². The van der Waals surface area contributed by atoms with E-state index in [1.807, 2.05) is 6.20 Å². The predicted octanol–water partition coefficient (Wildman–Crippen LogP) is 2.80. The van der Waals surface area contributed by atoms with E-state index in [2.05, 4.69) is 32.9 Å². The van der Waals surface area contributed by atoms with Crippen LogP contribution in [0.15, 0.2) is 18.8 Å². The Morgan fingerprint density at radius 1 is 1.15 bits per heavy atom. The fourth-order valence-corrected chi connectivity index (χ4v) is 5.38. The van der Waals surface area contributed by atoms with Crippen molar-refractivity contribution in [3.8, 4) is 0 Å². The van der Waals surface area contributed by atoms with Crippen LogP contribution in [0.5, 0.6) is 0 Å². The summed E-state index contributed by atoms with van der Waals surface area (Å²) in [5.41, 5.74) is 6.70. The maximum atomic E-state index is 9.03. The highest BCUT2D eigenvalue weighted by molar-refractivity contribution is 5.60. The lowest BCUT2D eigenvalue weighted by molar-refractivity contribution is -0.0514. The number of likely N-dealkylation sites (tertiary alicyclic amines) is 1. The third kappa shape index (κ3) is 2.96. The summed E-state index contributed by atoms with van der Waals surface area (Å²) in [4.78, 5) is 10.1. The highest BCUT2D eigenvalue weighted by Gasteiger charge is 2.49. The fraction of sp³-hybridized carbons (Fsp3) is 0.667. The van der Waals surface area contributed by atoms with Gasteiger partial charge in [0.1, 0.15) is 0 Å². The van der Waals surface area contributed by atoms with E-state index in [0.717, 1.165) is 37.2 Å². The second-order valence-corrected chi connectivity index (χ2v) is 9.01. The van der Waals surface area contributed by atoms with Gasteiger partial charge in [0.15, 0.2) is 0 Å². The standard InChI is InChI=1S/C21H30N4O/c1-15(23-26)17-10-16-6-9-24(12-20(16)22-11-17)19-4-7-21(8-5-19)13-25(14-21)18-2-3-18/h10-11,18-19,23,26H,1-9,12-14H2. The molecule has 1 aromatic heterocycles. The Morgan fingerprint density at radius 2 is 1.88 bits per heavy atom. The van der Waals surface area contributed by atoms with Crippen molar-refractivity contribution in [1.82, 2.24) is 20.3 Å². The van der Waals surface area contributed by atoms with Crippen molar-refractivity contribution in [3.05, 3.63) is 35.7 Å². The van der Waals surface area contributed by atoms with E-state index in [0.29, 0.717) is 11.1 Å². The van der Waals surface area contributed by atoms with Gasteiger partial charge in [-0.15, -0.1) is 0 Å². The smallest absolute Gasteiger partial charge is 0.0618 e. The number of fused-ring (bicyclic) bond motifs is 1. The first-order valence-corrected chi connectivity index (χ1v) is 10.2. The number of nitrogens with zero attached hydrogens (tertiary/aromatic N) is 3. The minimum absolute atomic E-state index is 0.515. The Hall–Kier alpha value is -1.43. The van der Waals surface area contributed by atoms with Crippen molar-refractivity contribution < 1.29 is 5.21 Å². The van der Waals surface area contributed by atoms with Crippen LogP contribution in [0.2, 0.25) is 0 Å². The van der Waals surface area contributed by atoms with Gasteiger partial charge in [-0.1, -0.05) is 6.58 Å². The average molecular weight is 354 g/mol. The lowest BCUT2D eigenvalue weighted by atomic mass is 9.67.